The first-order valence-electron chi connectivity index (χ1n) is 9.69. The third-order valence-electron chi connectivity index (χ3n) is 5.10. The second-order valence-electron chi connectivity index (χ2n) is 7.10. The fourth-order valence-electron chi connectivity index (χ4n) is 3.69. The first kappa shape index (κ1) is 19.9. The Balaban J connectivity index is 1.65. The lowest BCUT2D eigenvalue weighted by atomic mass is 9.79. The first-order valence-corrected chi connectivity index (χ1v) is 10.5. The van der Waals surface area contributed by atoms with Crippen molar-refractivity contribution in [3.05, 3.63) is 46.0 Å². The van der Waals surface area contributed by atoms with Crippen LogP contribution in [0.25, 0.3) is 0 Å². The molecule has 1 aromatic carbocycles. The van der Waals surface area contributed by atoms with Crippen molar-refractivity contribution in [3.63, 3.8) is 0 Å². The number of rotatable bonds is 7. The normalized spacial score (nSPS) is 16.5. The summed E-state index contributed by atoms with van der Waals surface area (Å²) < 4.78 is 6.29. The van der Waals surface area contributed by atoms with Gasteiger partial charge in [0, 0.05) is 29.4 Å². The molecule has 3 rings (SSSR count). The number of hydrogen-bond acceptors (Lipinski definition) is 4. The van der Waals surface area contributed by atoms with Gasteiger partial charge in [-0.25, -0.2) is 0 Å². The topological polar surface area (TPSA) is 75.3 Å². The molecule has 1 heterocycles. The van der Waals surface area contributed by atoms with E-state index < -0.39 is 0 Å². The monoisotopic (exact) mass is 433 g/mol. The van der Waals surface area contributed by atoms with E-state index in [1.807, 2.05) is 6.92 Å². The van der Waals surface area contributed by atoms with Crippen LogP contribution in [0.2, 0.25) is 0 Å². The molecule has 6 nitrogen and oxygen atoms in total. The van der Waals surface area contributed by atoms with Crippen LogP contribution in [-0.4, -0.2) is 35.7 Å². The van der Waals surface area contributed by atoms with Gasteiger partial charge in [-0.2, -0.15) is 4.98 Å². The van der Waals surface area contributed by atoms with Crippen molar-refractivity contribution in [2.45, 2.75) is 51.4 Å². The van der Waals surface area contributed by atoms with Gasteiger partial charge in [0.25, 0.3) is 0 Å². The number of aliphatic imine (C=N–C) groups is 1. The number of nitrogens with one attached hydrogen (secondary N) is 2. The van der Waals surface area contributed by atoms with Crippen LogP contribution in [0.5, 0.6) is 0 Å². The van der Waals surface area contributed by atoms with Crippen molar-refractivity contribution in [2.75, 3.05) is 19.6 Å². The number of aromatic nitrogens is 2. The number of halogens is 1. The minimum Gasteiger partial charge on any atom is -0.357 e. The van der Waals surface area contributed by atoms with Crippen molar-refractivity contribution >= 4 is 21.9 Å². The van der Waals surface area contributed by atoms with Gasteiger partial charge < -0.3 is 15.2 Å². The minimum absolute atomic E-state index is 0.145. The molecule has 7 heteroatoms. The second-order valence-corrected chi connectivity index (χ2v) is 8.02. The molecule has 0 atom stereocenters. The van der Waals surface area contributed by atoms with Gasteiger partial charge in [0.2, 0.25) is 5.89 Å². The van der Waals surface area contributed by atoms with E-state index in [0.29, 0.717) is 24.7 Å². The van der Waals surface area contributed by atoms with Crippen LogP contribution in [0.1, 0.15) is 49.9 Å². The summed E-state index contributed by atoms with van der Waals surface area (Å²) in [5.41, 5.74) is 1.54. The van der Waals surface area contributed by atoms with Crippen molar-refractivity contribution in [1.82, 2.24) is 20.8 Å². The molecule has 1 saturated carbocycles. The predicted molar refractivity (Wildman–Crippen MR) is 111 cm³/mol. The molecule has 0 bridgehead atoms. The number of hydrogen-bond donors (Lipinski definition) is 2. The molecule has 0 unspecified atom stereocenters. The summed E-state index contributed by atoms with van der Waals surface area (Å²) >= 11 is 3.54. The summed E-state index contributed by atoms with van der Waals surface area (Å²) in [6.45, 7) is 6.24. The maximum atomic E-state index is 5.17. The molecule has 1 aliphatic rings. The molecule has 146 valence electrons. The zero-order valence-corrected chi connectivity index (χ0v) is 17.7. The summed E-state index contributed by atoms with van der Waals surface area (Å²) in [5, 5.41) is 10.5. The average Bonchev–Trinajstić information content (AvgIpc) is 3.30. The SMILES string of the molecule is CCNC(=NCC1(c2ccc(Br)cc2)CCCC1)NCCc1nc(C)no1. The highest BCUT2D eigenvalue weighted by Crippen LogP contribution is 2.41. The van der Waals surface area contributed by atoms with E-state index in [1.54, 1.807) is 0 Å². The summed E-state index contributed by atoms with van der Waals surface area (Å²) in [6, 6.07) is 8.75. The molecule has 0 radical (unpaired) electrons. The lowest BCUT2D eigenvalue weighted by Gasteiger charge is -2.28. The quantitative estimate of drug-likeness (QED) is 0.513. The molecule has 1 fully saturated rings. The molecule has 2 aromatic rings. The maximum absolute atomic E-state index is 5.17. The molecular weight excluding hydrogens is 406 g/mol. The number of guanidine groups is 1. The van der Waals surface area contributed by atoms with Gasteiger partial charge in [0.15, 0.2) is 11.8 Å². The Hall–Kier alpha value is -1.89. The maximum Gasteiger partial charge on any atom is 0.228 e. The number of aryl methyl sites for hydroxylation is 1. The highest BCUT2D eigenvalue weighted by Gasteiger charge is 2.35. The van der Waals surface area contributed by atoms with Gasteiger partial charge >= 0.3 is 0 Å². The van der Waals surface area contributed by atoms with Crippen LogP contribution in [0, 0.1) is 6.92 Å². The van der Waals surface area contributed by atoms with E-state index >= 15 is 0 Å². The van der Waals surface area contributed by atoms with E-state index in [9.17, 15) is 0 Å². The minimum atomic E-state index is 0.145. The molecular formula is C20H28BrN5O. The first-order chi connectivity index (χ1) is 13.1. The predicted octanol–water partition coefficient (Wildman–Crippen LogP) is 3.75. The van der Waals surface area contributed by atoms with Crippen LogP contribution in [0.4, 0.5) is 0 Å². The lowest BCUT2D eigenvalue weighted by molar-refractivity contribution is 0.374. The fraction of sp³-hybridized carbons (Fsp3) is 0.550. The van der Waals surface area contributed by atoms with E-state index in [1.165, 1.54) is 31.2 Å². The van der Waals surface area contributed by atoms with Crippen molar-refractivity contribution in [3.8, 4) is 0 Å². The molecule has 27 heavy (non-hydrogen) atoms. The Morgan fingerprint density at radius 1 is 1.22 bits per heavy atom. The third kappa shape index (κ3) is 5.31. The molecule has 2 N–H and O–H groups in total. The number of nitrogens with zero attached hydrogens (tertiary/aromatic N) is 3. The Morgan fingerprint density at radius 2 is 1.96 bits per heavy atom. The molecule has 0 saturated heterocycles. The Morgan fingerprint density at radius 3 is 2.59 bits per heavy atom. The summed E-state index contributed by atoms with van der Waals surface area (Å²) in [7, 11) is 0. The van der Waals surface area contributed by atoms with Crippen molar-refractivity contribution in [1.29, 1.82) is 0 Å². The molecule has 0 spiro atoms. The zero-order valence-electron chi connectivity index (χ0n) is 16.1. The summed E-state index contributed by atoms with van der Waals surface area (Å²) in [4.78, 5) is 9.16. The van der Waals surface area contributed by atoms with Crippen LogP contribution >= 0.6 is 15.9 Å². The van der Waals surface area contributed by atoms with Gasteiger partial charge in [-0.1, -0.05) is 46.1 Å². The third-order valence-corrected chi connectivity index (χ3v) is 5.63. The van der Waals surface area contributed by atoms with Crippen molar-refractivity contribution < 1.29 is 4.52 Å². The van der Waals surface area contributed by atoms with Crippen LogP contribution in [-0.2, 0) is 11.8 Å². The van der Waals surface area contributed by atoms with Gasteiger partial charge in [0.1, 0.15) is 0 Å². The summed E-state index contributed by atoms with van der Waals surface area (Å²) in [5.74, 6) is 2.17. The zero-order chi connectivity index (χ0) is 19.1. The molecule has 0 amide bonds. The average molecular weight is 434 g/mol. The lowest BCUT2D eigenvalue weighted by Crippen LogP contribution is -2.39. The van der Waals surface area contributed by atoms with Gasteiger partial charge in [-0.15, -0.1) is 0 Å². The second kappa shape index (κ2) is 9.35. The highest BCUT2D eigenvalue weighted by atomic mass is 79.9. The Labute approximate surface area is 169 Å². The van der Waals surface area contributed by atoms with E-state index in [4.69, 9.17) is 9.52 Å². The fourth-order valence-corrected chi connectivity index (χ4v) is 3.96. The van der Waals surface area contributed by atoms with Gasteiger partial charge in [-0.05, 0) is 44.4 Å². The van der Waals surface area contributed by atoms with Crippen LogP contribution in [0.15, 0.2) is 38.3 Å². The molecule has 1 aliphatic carbocycles. The largest absolute Gasteiger partial charge is 0.357 e. The Bertz CT molecular complexity index is 750. The van der Waals surface area contributed by atoms with Gasteiger partial charge in [-0.3, -0.25) is 4.99 Å². The van der Waals surface area contributed by atoms with E-state index in [0.717, 1.165) is 23.5 Å². The van der Waals surface area contributed by atoms with E-state index in [-0.39, 0.29) is 5.41 Å². The highest BCUT2D eigenvalue weighted by molar-refractivity contribution is 9.10. The van der Waals surface area contributed by atoms with Crippen LogP contribution in [0.3, 0.4) is 0 Å². The molecule has 1 aromatic heterocycles. The summed E-state index contributed by atoms with van der Waals surface area (Å²) in [6.07, 6.45) is 5.61. The standard InChI is InChI=1S/C20H28BrN5O/c1-3-22-19(23-13-10-18-25-15(2)26-27-18)24-14-20(11-4-5-12-20)16-6-8-17(21)9-7-16/h6-9H,3-5,10-14H2,1-2H3,(H2,22,23,24). The van der Waals surface area contributed by atoms with Gasteiger partial charge in [0.05, 0.1) is 6.54 Å². The Kier molecular flexibility index (Phi) is 6.88. The van der Waals surface area contributed by atoms with E-state index in [2.05, 4.69) is 67.9 Å². The van der Waals surface area contributed by atoms with Crippen molar-refractivity contribution in [2.24, 2.45) is 4.99 Å². The van der Waals surface area contributed by atoms with Crippen LogP contribution < -0.4 is 10.6 Å². The number of benzene rings is 1. The smallest absolute Gasteiger partial charge is 0.228 e. The molecule has 0 aliphatic heterocycles.